The monoisotopic (exact) mass is 671 g/mol. The first-order valence-electron chi connectivity index (χ1n) is 19.8. The van der Waals surface area contributed by atoms with Crippen LogP contribution in [0.1, 0.15) is 207 Å². The van der Waals surface area contributed by atoms with Crippen molar-refractivity contribution in [2.45, 2.75) is 213 Å². The molecule has 0 rings (SSSR count). The molecule has 0 spiro atoms. The van der Waals surface area contributed by atoms with E-state index in [1.807, 2.05) is 0 Å². The largest absolute Gasteiger partial charge is 0.572 e. The molecule has 0 saturated heterocycles. The minimum atomic E-state index is -1.71. The van der Waals surface area contributed by atoms with Gasteiger partial charge < -0.3 is 19.9 Å². The number of amidine groups is 1. The maximum Gasteiger partial charge on any atom is 0.306 e. The van der Waals surface area contributed by atoms with Crippen molar-refractivity contribution in [3.8, 4) is 0 Å². The van der Waals surface area contributed by atoms with Gasteiger partial charge in [-0.2, -0.15) is 0 Å². The SMILES string of the molecule is CCCCCCCCC(CCCCCCCC)OC(=O)CCCCCCCN(CCCCCCCC)CCCCC(N)=N[S+](N)[O-]. The lowest BCUT2D eigenvalue weighted by molar-refractivity contribution is -0.150. The molecule has 8 heteroatoms. The fourth-order valence-electron chi connectivity index (χ4n) is 6.20. The van der Waals surface area contributed by atoms with Crippen LogP contribution in [0.2, 0.25) is 0 Å². The van der Waals surface area contributed by atoms with Crippen molar-refractivity contribution >= 4 is 23.4 Å². The number of rotatable bonds is 36. The molecule has 0 saturated carbocycles. The van der Waals surface area contributed by atoms with Crippen LogP contribution < -0.4 is 10.9 Å². The van der Waals surface area contributed by atoms with E-state index in [1.54, 1.807) is 0 Å². The fourth-order valence-corrected chi connectivity index (χ4v) is 6.52. The molecule has 0 aliphatic carbocycles. The van der Waals surface area contributed by atoms with Crippen LogP contribution in [0.4, 0.5) is 0 Å². The van der Waals surface area contributed by atoms with Crippen LogP contribution in [-0.4, -0.2) is 47.0 Å². The summed E-state index contributed by atoms with van der Waals surface area (Å²) < 4.78 is 20.8. The van der Waals surface area contributed by atoms with Gasteiger partial charge in [0, 0.05) is 12.8 Å². The molecule has 0 aromatic carbocycles. The standard InChI is InChI=1S/C38H78N4O3S/c1-4-7-10-13-17-22-29-36(30-23-18-14-11-8-5-2)45-38(43)32-24-19-16-21-27-34-42(33-26-20-15-12-9-6-3)35-28-25-31-37(39)41-46(40)44/h36H,4-35,40H2,1-3H3,(H2,39,41). The van der Waals surface area contributed by atoms with E-state index in [0.29, 0.717) is 18.7 Å². The van der Waals surface area contributed by atoms with Crippen molar-refractivity contribution in [3.05, 3.63) is 0 Å². The molecule has 7 nitrogen and oxygen atoms in total. The molecule has 274 valence electrons. The molecule has 0 heterocycles. The molecule has 0 bridgehead atoms. The number of carbonyl (C=O) groups excluding carboxylic acids is 1. The lowest BCUT2D eigenvalue weighted by Gasteiger charge is -2.22. The van der Waals surface area contributed by atoms with E-state index in [9.17, 15) is 9.35 Å². The summed E-state index contributed by atoms with van der Waals surface area (Å²) in [5.74, 6) is 0.411. The van der Waals surface area contributed by atoms with Crippen molar-refractivity contribution in [2.24, 2.45) is 15.3 Å². The van der Waals surface area contributed by atoms with Gasteiger partial charge in [0.25, 0.3) is 0 Å². The Kier molecular flexibility index (Phi) is 34.8. The third-order valence-electron chi connectivity index (χ3n) is 9.11. The van der Waals surface area contributed by atoms with Crippen LogP contribution in [0, 0.1) is 0 Å². The number of ether oxygens (including phenoxy) is 1. The highest BCUT2D eigenvalue weighted by Crippen LogP contribution is 2.18. The summed E-state index contributed by atoms with van der Waals surface area (Å²) in [6, 6.07) is 0. The number of hydrogen-bond acceptors (Lipinski definition) is 6. The van der Waals surface area contributed by atoms with E-state index >= 15 is 0 Å². The normalized spacial score (nSPS) is 12.8. The Bertz CT molecular complexity index is 664. The summed E-state index contributed by atoms with van der Waals surface area (Å²) in [5, 5.41) is 5.21. The van der Waals surface area contributed by atoms with Crippen LogP contribution >= 0.6 is 0 Å². The highest BCUT2D eigenvalue weighted by molar-refractivity contribution is 7.88. The third-order valence-corrected chi connectivity index (χ3v) is 9.52. The first-order valence-corrected chi connectivity index (χ1v) is 21.0. The van der Waals surface area contributed by atoms with Crippen LogP contribution in [0.15, 0.2) is 4.40 Å². The minimum Gasteiger partial charge on any atom is -0.572 e. The summed E-state index contributed by atoms with van der Waals surface area (Å²) in [4.78, 5) is 15.3. The van der Waals surface area contributed by atoms with Crippen molar-refractivity contribution in [1.82, 2.24) is 4.90 Å². The molecule has 0 amide bonds. The van der Waals surface area contributed by atoms with Gasteiger partial charge in [0.15, 0.2) is 17.4 Å². The Morgan fingerprint density at radius 1 is 0.609 bits per heavy atom. The quantitative estimate of drug-likeness (QED) is 0.0225. The zero-order valence-electron chi connectivity index (χ0n) is 30.9. The molecule has 1 atom stereocenters. The molecule has 4 N–H and O–H groups in total. The molecule has 0 aliphatic rings. The van der Waals surface area contributed by atoms with E-state index in [1.165, 1.54) is 135 Å². The number of nitrogens with zero attached hydrogens (tertiary/aromatic N) is 2. The summed E-state index contributed by atoms with van der Waals surface area (Å²) in [5.41, 5.74) is 5.82. The zero-order valence-corrected chi connectivity index (χ0v) is 31.7. The van der Waals surface area contributed by atoms with Gasteiger partial charge in [-0.15, -0.1) is 5.14 Å². The number of esters is 1. The highest BCUT2D eigenvalue weighted by Gasteiger charge is 2.14. The van der Waals surface area contributed by atoms with Gasteiger partial charge >= 0.3 is 5.97 Å². The predicted molar refractivity (Wildman–Crippen MR) is 201 cm³/mol. The van der Waals surface area contributed by atoms with Gasteiger partial charge in [-0.3, -0.25) is 4.79 Å². The van der Waals surface area contributed by atoms with Crippen LogP contribution in [0.5, 0.6) is 0 Å². The van der Waals surface area contributed by atoms with E-state index in [2.05, 4.69) is 30.1 Å². The van der Waals surface area contributed by atoms with Gasteiger partial charge in [0.1, 0.15) is 6.10 Å². The first kappa shape index (κ1) is 45.2. The van der Waals surface area contributed by atoms with Crippen LogP contribution in [-0.2, 0) is 21.1 Å². The van der Waals surface area contributed by atoms with Crippen molar-refractivity contribution in [1.29, 1.82) is 0 Å². The Morgan fingerprint density at radius 2 is 0.978 bits per heavy atom. The minimum absolute atomic E-state index is 0.0236. The van der Waals surface area contributed by atoms with Crippen molar-refractivity contribution in [3.63, 3.8) is 0 Å². The van der Waals surface area contributed by atoms with Crippen LogP contribution in [0.3, 0.4) is 0 Å². The number of unbranched alkanes of at least 4 members (excludes halogenated alkanes) is 20. The molecule has 1 unspecified atom stereocenters. The van der Waals surface area contributed by atoms with E-state index in [4.69, 9.17) is 15.6 Å². The molecular formula is C38H78N4O3S. The lowest BCUT2D eigenvalue weighted by Crippen LogP contribution is -2.27. The Labute approximate surface area is 289 Å². The average molecular weight is 671 g/mol. The lowest BCUT2D eigenvalue weighted by atomic mass is 10.0. The molecule has 0 aromatic rings. The number of carbonyl (C=O) groups is 1. The third kappa shape index (κ3) is 33.1. The van der Waals surface area contributed by atoms with E-state index in [-0.39, 0.29) is 12.1 Å². The summed E-state index contributed by atoms with van der Waals surface area (Å²) in [6.45, 7) is 10.1. The van der Waals surface area contributed by atoms with E-state index < -0.39 is 11.5 Å². The van der Waals surface area contributed by atoms with Gasteiger partial charge in [0.05, 0.1) is 0 Å². The second-order valence-electron chi connectivity index (χ2n) is 13.7. The smallest absolute Gasteiger partial charge is 0.306 e. The maximum absolute atomic E-state index is 12.7. The topological polar surface area (TPSA) is 117 Å². The first-order chi connectivity index (χ1) is 22.4. The molecule has 0 aliphatic heterocycles. The molecule has 46 heavy (non-hydrogen) atoms. The molecule has 0 radical (unpaired) electrons. The van der Waals surface area contributed by atoms with Gasteiger partial charge in [-0.25, -0.2) is 0 Å². The highest BCUT2D eigenvalue weighted by atomic mass is 32.2. The molecule has 0 aromatic heterocycles. The number of nitrogens with two attached hydrogens (primary N) is 2. The van der Waals surface area contributed by atoms with Gasteiger partial charge in [-0.05, 0) is 81.8 Å². The number of hydrogen-bond donors (Lipinski definition) is 2. The van der Waals surface area contributed by atoms with Gasteiger partial charge in [-0.1, -0.05) is 136 Å². The zero-order chi connectivity index (χ0) is 33.9. The summed E-state index contributed by atoms with van der Waals surface area (Å²) in [6.07, 6.45) is 34.4. The second-order valence-corrected chi connectivity index (χ2v) is 14.4. The summed E-state index contributed by atoms with van der Waals surface area (Å²) in [7, 11) is 0. The van der Waals surface area contributed by atoms with E-state index in [0.717, 1.165) is 58.2 Å². The average Bonchev–Trinajstić information content (AvgIpc) is 3.02. The summed E-state index contributed by atoms with van der Waals surface area (Å²) >= 11 is -1.71. The second kappa shape index (κ2) is 35.5. The predicted octanol–water partition coefficient (Wildman–Crippen LogP) is 10.5. The van der Waals surface area contributed by atoms with Gasteiger partial charge in [0.2, 0.25) is 0 Å². The Hall–Kier alpha value is -0.830. The maximum atomic E-state index is 12.7. The van der Waals surface area contributed by atoms with Crippen molar-refractivity contribution < 1.29 is 14.1 Å². The molecule has 0 fully saturated rings. The molecular weight excluding hydrogens is 593 g/mol. The van der Waals surface area contributed by atoms with Crippen molar-refractivity contribution in [2.75, 3.05) is 19.6 Å². The Morgan fingerprint density at radius 3 is 1.43 bits per heavy atom. The Balaban J connectivity index is 4.34. The fraction of sp³-hybridized carbons (Fsp3) is 0.947. The van der Waals surface area contributed by atoms with Crippen LogP contribution in [0.25, 0.3) is 0 Å².